The van der Waals surface area contributed by atoms with E-state index in [1.54, 1.807) is 11.2 Å². The average molecular weight is 433 g/mol. The molecule has 0 saturated carbocycles. The summed E-state index contributed by atoms with van der Waals surface area (Å²) in [5.74, 6) is 2.04. The third-order valence-corrected chi connectivity index (χ3v) is 6.41. The average Bonchev–Trinajstić information content (AvgIpc) is 3.52. The van der Waals surface area contributed by atoms with Crippen LogP contribution in [0.25, 0.3) is 11.5 Å². The second-order valence-electron chi connectivity index (χ2n) is 8.58. The van der Waals surface area contributed by atoms with Gasteiger partial charge in [-0.3, -0.25) is 9.69 Å². The van der Waals surface area contributed by atoms with Crippen molar-refractivity contribution < 1.29 is 4.79 Å². The Hall–Kier alpha value is -3.33. The number of hydrogen-bond acceptors (Lipinski definition) is 7. The van der Waals surface area contributed by atoms with E-state index in [1.165, 1.54) is 0 Å². The summed E-state index contributed by atoms with van der Waals surface area (Å²) in [5.41, 5.74) is 9.33. The molecular formula is C23H28N8O. The number of rotatable bonds is 5. The minimum absolute atomic E-state index is 0.0704. The zero-order chi connectivity index (χ0) is 22.4. The number of pyridine rings is 2. The highest BCUT2D eigenvalue weighted by molar-refractivity contribution is 6.10. The van der Waals surface area contributed by atoms with E-state index in [9.17, 15) is 4.79 Å². The van der Waals surface area contributed by atoms with Crippen LogP contribution in [0.15, 0.2) is 30.6 Å². The third kappa shape index (κ3) is 3.33. The second-order valence-corrected chi connectivity index (χ2v) is 8.58. The number of carbonyl (C=O) groups is 1. The van der Waals surface area contributed by atoms with Gasteiger partial charge < -0.3 is 15.2 Å². The smallest absolute Gasteiger partial charge is 0.260 e. The zero-order valence-corrected chi connectivity index (χ0v) is 18.7. The fourth-order valence-corrected chi connectivity index (χ4v) is 4.67. The molecule has 0 spiro atoms. The monoisotopic (exact) mass is 432 g/mol. The Balaban J connectivity index is 1.53. The first-order valence-corrected chi connectivity index (χ1v) is 11.2. The molecule has 3 aromatic heterocycles. The molecule has 166 valence electrons. The normalized spacial score (nSPS) is 19.0. The molecule has 0 radical (unpaired) electrons. The van der Waals surface area contributed by atoms with Crippen LogP contribution < -0.4 is 15.5 Å². The summed E-state index contributed by atoms with van der Waals surface area (Å²) >= 11 is 0. The lowest BCUT2D eigenvalue weighted by molar-refractivity contribution is 0.0996. The number of carbonyl (C=O) groups excluding carboxylic acids is 1. The maximum atomic E-state index is 13.5. The molecule has 2 N–H and O–H groups in total. The number of anilines is 2. The minimum Gasteiger partial charge on any atom is -0.354 e. The van der Waals surface area contributed by atoms with Crippen molar-refractivity contribution in [2.24, 2.45) is 5.73 Å². The lowest BCUT2D eigenvalue weighted by atomic mass is 10.0. The summed E-state index contributed by atoms with van der Waals surface area (Å²) in [6.45, 7) is 8.24. The molecule has 5 heterocycles. The fourth-order valence-electron chi connectivity index (χ4n) is 4.67. The van der Waals surface area contributed by atoms with Crippen molar-refractivity contribution in [3.05, 3.63) is 47.4 Å². The third-order valence-electron chi connectivity index (χ3n) is 6.41. The van der Waals surface area contributed by atoms with E-state index in [0.717, 1.165) is 43.0 Å². The number of aryl methyl sites for hydroxylation is 1. The molecule has 0 bridgehead atoms. The van der Waals surface area contributed by atoms with Gasteiger partial charge in [0.05, 0.1) is 17.8 Å². The summed E-state index contributed by atoms with van der Waals surface area (Å²) in [7, 11) is 0. The van der Waals surface area contributed by atoms with Crippen molar-refractivity contribution in [1.82, 2.24) is 24.7 Å². The van der Waals surface area contributed by atoms with E-state index in [1.807, 2.05) is 42.7 Å². The molecule has 0 aromatic carbocycles. The molecule has 1 amide bonds. The molecule has 1 saturated heterocycles. The van der Waals surface area contributed by atoms with Crippen LogP contribution in [0.5, 0.6) is 0 Å². The van der Waals surface area contributed by atoms with E-state index in [2.05, 4.69) is 22.0 Å². The lowest BCUT2D eigenvalue weighted by Crippen LogP contribution is -2.28. The molecule has 3 aromatic rings. The largest absolute Gasteiger partial charge is 0.354 e. The highest BCUT2D eigenvalue weighted by Crippen LogP contribution is 2.35. The van der Waals surface area contributed by atoms with Gasteiger partial charge in [-0.1, -0.05) is 6.07 Å². The van der Waals surface area contributed by atoms with Gasteiger partial charge in [-0.2, -0.15) is 0 Å². The predicted octanol–water partition coefficient (Wildman–Crippen LogP) is 2.92. The van der Waals surface area contributed by atoms with Gasteiger partial charge >= 0.3 is 0 Å². The van der Waals surface area contributed by atoms with E-state index in [-0.39, 0.29) is 11.9 Å². The maximum absolute atomic E-state index is 13.5. The summed E-state index contributed by atoms with van der Waals surface area (Å²) in [6.07, 6.45) is 3.94. The van der Waals surface area contributed by atoms with Gasteiger partial charge in [-0.05, 0) is 51.8 Å². The highest BCUT2D eigenvalue weighted by atomic mass is 16.2. The first-order chi connectivity index (χ1) is 15.5. The van der Waals surface area contributed by atoms with Gasteiger partial charge in [0.25, 0.3) is 5.91 Å². The van der Waals surface area contributed by atoms with Crippen LogP contribution in [0.4, 0.5) is 11.6 Å². The summed E-state index contributed by atoms with van der Waals surface area (Å²) in [4.78, 5) is 27.1. The summed E-state index contributed by atoms with van der Waals surface area (Å²) in [6, 6.07) is 7.70. The van der Waals surface area contributed by atoms with E-state index >= 15 is 0 Å². The lowest BCUT2D eigenvalue weighted by Gasteiger charge is -2.24. The SMILES string of the molecule is CCn1cnnc1-c1cccc(N2Cc3c(cc(N4CCC[C@H]4C)nc3[C@@H](C)N)C2=O)n1. The zero-order valence-electron chi connectivity index (χ0n) is 18.7. The number of nitrogens with zero attached hydrogens (tertiary/aromatic N) is 7. The first kappa shape index (κ1) is 20.6. The molecule has 9 heteroatoms. The molecule has 2 aliphatic rings. The van der Waals surface area contributed by atoms with Gasteiger partial charge in [0, 0.05) is 30.7 Å². The van der Waals surface area contributed by atoms with Crippen LogP contribution >= 0.6 is 0 Å². The number of nitrogens with two attached hydrogens (primary N) is 1. The van der Waals surface area contributed by atoms with Crippen molar-refractivity contribution >= 4 is 17.5 Å². The molecule has 2 aliphatic heterocycles. The molecule has 1 fully saturated rings. The molecule has 0 aliphatic carbocycles. The first-order valence-electron chi connectivity index (χ1n) is 11.2. The molecule has 32 heavy (non-hydrogen) atoms. The van der Waals surface area contributed by atoms with Crippen molar-refractivity contribution in [3.63, 3.8) is 0 Å². The molecule has 5 rings (SSSR count). The van der Waals surface area contributed by atoms with Gasteiger partial charge in [0.2, 0.25) is 0 Å². The number of hydrogen-bond donors (Lipinski definition) is 1. The van der Waals surface area contributed by atoms with Crippen molar-refractivity contribution in [2.45, 2.75) is 58.8 Å². The topological polar surface area (TPSA) is 106 Å². The Labute approximate surface area is 187 Å². The Bertz CT molecular complexity index is 1170. The Morgan fingerprint density at radius 3 is 2.81 bits per heavy atom. The van der Waals surface area contributed by atoms with Gasteiger partial charge in [-0.25, -0.2) is 9.97 Å². The molecule has 9 nitrogen and oxygen atoms in total. The number of aromatic nitrogens is 5. The Morgan fingerprint density at radius 2 is 2.09 bits per heavy atom. The maximum Gasteiger partial charge on any atom is 0.260 e. The van der Waals surface area contributed by atoms with Crippen molar-refractivity contribution in [1.29, 1.82) is 0 Å². The van der Waals surface area contributed by atoms with Crippen LogP contribution in [0.3, 0.4) is 0 Å². The minimum atomic E-state index is -0.267. The number of amides is 1. The molecule has 0 unspecified atom stereocenters. The second kappa shape index (κ2) is 7.98. The van der Waals surface area contributed by atoms with Crippen LogP contribution in [-0.2, 0) is 13.1 Å². The van der Waals surface area contributed by atoms with E-state index in [0.29, 0.717) is 35.5 Å². The van der Waals surface area contributed by atoms with Gasteiger partial charge in [0.15, 0.2) is 5.82 Å². The van der Waals surface area contributed by atoms with Crippen molar-refractivity contribution in [2.75, 3.05) is 16.3 Å². The Kier molecular flexibility index (Phi) is 5.13. The standard InChI is InChI=1S/C23H28N8O/c1-4-29-13-25-28-22(29)18-8-5-9-19(26-18)31-12-17-16(23(31)32)11-20(27-21(17)15(3)24)30-10-6-7-14(30)2/h5,8-9,11,13-15H,4,6-7,10,12,24H2,1-3H3/t14-,15-/m1/s1. The summed E-state index contributed by atoms with van der Waals surface area (Å²) in [5, 5.41) is 8.19. The fraction of sp³-hybridized carbons (Fsp3) is 0.435. The van der Waals surface area contributed by atoms with Gasteiger partial charge in [0.1, 0.15) is 23.7 Å². The van der Waals surface area contributed by atoms with Crippen molar-refractivity contribution in [3.8, 4) is 11.5 Å². The Morgan fingerprint density at radius 1 is 1.25 bits per heavy atom. The summed E-state index contributed by atoms with van der Waals surface area (Å²) < 4.78 is 1.92. The van der Waals surface area contributed by atoms with Crippen LogP contribution in [0.2, 0.25) is 0 Å². The van der Waals surface area contributed by atoms with E-state index < -0.39 is 0 Å². The van der Waals surface area contributed by atoms with Crippen LogP contribution in [0, 0.1) is 0 Å². The van der Waals surface area contributed by atoms with E-state index in [4.69, 9.17) is 15.7 Å². The quantitative estimate of drug-likeness (QED) is 0.661. The van der Waals surface area contributed by atoms with Crippen LogP contribution in [0.1, 0.15) is 61.3 Å². The molecular weight excluding hydrogens is 404 g/mol. The molecule has 2 atom stereocenters. The van der Waals surface area contributed by atoms with Gasteiger partial charge in [-0.15, -0.1) is 10.2 Å². The van der Waals surface area contributed by atoms with Crippen LogP contribution in [-0.4, -0.2) is 43.2 Å². The predicted molar refractivity (Wildman–Crippen MR) is 122 cm³/mol. The highest BCUT2D eigenvalue weighted by Gasteiger charge is 2.35. The number of fused-ring (bicyclic) bond motifs is 1.